The van der Waals surface area contributed by atoms with Crippen molar-refractivity contribution in [1.29, 1.82) is 0 Å². The number of carbonyl (C=O) groups excluding carboxylic acids is 1. The lowest BCUT2D eigenvalue weighted by atomic mass is 10.0. The van der Waals surface area contributed by atoms with Gasteiger partial charge in [0.25, 0.3) is 0 Å². The largest absolute Gasteiger partial charge is 0.480 e. The van der Waals surface area contributed by atoms with E-state index in [4.69, 9.17) is 15.9 Å². The van der Waals surface area contributed by atoms with Crippen LogP contribution < -0.4 is 5.73 Å². The Balaban J connectivity index is 4.67. The molecule has 7 heteroatoms. The number of hydrogen-bond acceptors (Lipinski definition) is 4. The van der Waals surface area contributed by atoms with E-state index in [1.165, 1.54) is 0 Å². The van der Waals surface area contributed by atoms with Crippen molar-refractivity contribution in [2.45, 2.75) is 19.9 Å². The van der Waals surface area contributed by atoms with Gasteiger partial charge < -0.3 is 20.8 Å². The first-order valence-electron chi connectivity index (χ1n) is 4.73. The highest BCUT2D eigenvalue weighted by molar-refractivity contribution is 5.88. The zero-order chi connectivity index (χ0) is 12.9. The summed E-state index contributed by atoms with van der Waals surface area (Å²) in [6.45, 7) is 2.07. The van der Waals surface area contributed by atoms with Gasteiger partial charge in [0.1, 0.15) is 13.1 Å². The van der Waals surface area contributed by atoms with E-state index in [-0.39, 0.29) is 5.92 Å². The second-order valence-electron chi connectivity index (χ2n) is 3.75. The molecule has 4 N–H and O–H groups in total. The Hall–Kier alpha value is -1.63. The fourth-order valence-electron chi connectivity index (χ4n) is 1.03. The number of carboxylic acid groups (broad SMARTS) is 2. The highest BCUT2D eigenvalue weighted by atomic mass is 16.4. The molecule has 0 rings (SSSR count). The van der Waals surface area contributed by atoms with Crippen LogP contribution in [0, 0.1) is 5.92 Å². The van der Waals surface area contributed by atoms with Crippen LogP contribution in [0.2, 0.25) is 0 Å². The minimum absolute atomic E-state index is 0.183. The first-order valence-corrected chi connectivity index (χ1v) is 4.73. The van der Waals surface area contributed by atoms with Gasteiger partial charge in [0, 0.05) is 0 Å². The summed E-state index contributed by atoms with van der Waals surface area (Å²) in [5.74, 6) is -3.39. The van der Waals surface area contributed by atoms with Crippen molar-refractivity contribution < 1.29 is 24.6 Å². The molecule has 7 nitrogen and oxygen atoms in total. The van der Waals surface area contributed by atoms with Crippen molar-refractivity contribution in [3.05, 3.63) is 0 Å². The van der Waals surface area contributed by atoms with Gasteiger partial charge in [-0.15, -0.1) is 0 Å². The summed E-state index contributed by atoms with van der Waals surface area (Å²) in [5.41, 5.74) is 5.54. The molecule has 16 heavy (non-hydrogen) atoms. The van der Waals surface area contributed by atoms with E-state index in [1.54, 1.807) is 13.8 Å². The number of amides is 1. The van der Waals surface area contributed by atoms with Crippen molar-refractivity contribution >= 4 is 17.8 Å². The van der Waals surface area contributed by atoms with Gasteiger partial charge in [-0.05, 0) is 5.92 Å². The lowest BCUT2D eigenvalue weighted by molar-refractivity contribution is -0.150. The average molecular weight is 232 g/mol. The number of aliphatic carboxylic acids is 2. The van der Waals surface area contributed by atoms with E-state index in [9.17, 15) is 14.4 Å². The molecule has 0 aromatic rings. The van der Waals surface area contributed by atoms with Crippen LogP contribution >= 0.6 is 0 Å². The fraction of sp³-hybridized carbons (Fsp3) is 0.667. The molecule has 0 heterocycles. The molecule has 0 fully saturated rings. The lowest BCUT2D eigenvalue weighted by Gasteiger charge is -2.24. The standard InChI is InChI=1S/C9H16N2O5/c1-5(2)8(10)9(16)11(3-6(12)13)4-7(14)15/h5,8H,3-4,10H2,1-2H3,(H,12,13)(H,14,15)/t8-/m0/s1. The molecule has 0 saturated heterocycles. The molecule has 92 valence electrons. The summed E-state index contributed by atoms with van der Waals surface area (Å²) in [5, 5.41) is 17.1. The maximum Gasteiger partial charge on any atom is 0.323 e. The third kappa shape index (κ3) is 4.74. The molecule has 0 aromatic carbocycles. The average Bonchev–Trinajstić information content (AvgIpc) is 2.12. The van der Waals surface area contributed by atoms with Crippen molar-refractivity contribution in [1.82, 2.24) is 4.90 Å². The van der Waals surface area contributed by atoms with Gasteiger partial charge in [-0.2, -0.15) is 0 Å². The number of rotatable bonds is 6. The van der Waals surface area contributed by atoms with Crippen molar-refractivity contribution in [3.8, 4) is 0 Å². The summed E-state index contributed by atoms with van der Waals surface area (Å²) in [4.78, 5) is 33.3. The smallest absolute Gasteiger partial charge is 0.323 e. The fourth-order valence-corrected chi connectivity index (χ4v) is 1.03. The van der Waals surface area contributed by atoms with E-state index in [1.807, 2.05) is 0 Å². The summed E-state index contributed by atoms with van der Waals surface area (Å²) in [6.07, 6.45) is 0. The van der Waals surface area contributed by atoms with Gasteiger partial charge in [0.05, 0.1) is 6.04 Å². The van der Waals surface area contributed by atoms with Gasteiger partial charge in [-0.3, -0.25) is 14.4 Å². The molecule has 1 atom stereocenters. The van der Waals surface area contributed by atoms with Crippen LogP contribution in [-0.4, -0.2) is 52.1 Å². The predicted molar refractivity (Wildman–Crippen MR) is 54.7 cm³/mol. The topological polar surface area (TPSA) is 121 Å². The highest BCUT2D eigenvalue weighted by Crippen LogP contribution is 2.03. The summed E-state index contributed by atoms with van der Waals surface area (Å²) in [7, 11) is 0. The van der Waals surface area contributed by atoms with Gasteiger partial charge in [0.15, 0.2) is 0 Å². The van der Waals surface area contributed by atoms with E-state index in [0.29, 0.717) is 0 Å². The Morgan fingerprint density at radius 1 is 1.12 bits per heavy atom. The number of hydrogen-bond donors (Lipinski definition) is 3. The SMILES string of the molecule is CC(C)[C@H](N)C(=O)N(CC(=O)O)CC(=O)O. The number of nitrogens with two attached hydrogens (primary N) is 1. The monoisotopic (exact) mass is 232 g/mol. The normalized spacial score (nSPS) is 12.2. The van der Waals surface area contributed by atoms with Crippen LogP contribution in [0.25, 0.3) is 0 Å². The molecule has 0 aliphatic carbocycles. The summed E-state index contributed by atoms with van der Waals surface area (Å²) in [6, 6.07) is -0.890. The number of carboxylic acids is 2. The lowest BCUT2D eigenvalue weighted by Crippen LogP contribution is -2.49. The van der Waals surface area contributed by atoms with Gasteiger partial charge in [0.2, 0.25) is 5.91 Å². The second kappa shape index (κ2) is 6.06. The second-order valence-corrected chi connectivity index (χ2v) is 3.75. The van der Waals surface area contributed by atoms with Gasteiger partial charge in [-0.25, -0.2) is 0 Å². The van der Waals surface area contributed by atoms with E-state index < -0.39 is 37.0 Å². The van der Waals surface area contributed by atoms with Crippen LogP contribution in [0.3, 0.4) is 0 Å². The van der Waals surface area contributed by atoms with Crippen LogP contribution in [0.4, 0.5) is 0 Å². The van der Waals surface area contributed by atoms with Gasteiger partial charge in [-0.1, -0.05) is 13.8 Å². The first kappa shape index (κ1) is 14.4. The highest BCUT2D eigenvalue weighted by Gasteiger charge is 2.26. The Kier molecular flexibility index (Phi) is 5.44. The zero-order valence-corrected chi connectivity index (χ0v) is 9.21. The third-order valence-corrected chi connectivity index (χ3v) is 1.97. The summed E-state index contributed by atoms with van der Waals surface area (Å²) >= 11 is 0. The van der Waals surface area contributed by atoms with Crippen LogP contribution in [0.5, 0.6) is 0 Å². The predicted octanol–water partition coefficient (Wildman–Crippen LogP) is -1.03. The van der Waals surface area contributed by atoms with E-state index in [2.05, 4.69) is 0 Å². The third-order valence-electron chi connectivity index (χ3n) is 1.97. The zero-order valence-electron chi connectivity index (χ0n) is 9.21. The Morgan fingerprint density at radius 3 is 1.75 bits per heavy atom. The first-order chi connectivity index (χ1) is 7.25. The molecule has 0 radical (unpaired) electrons. The maximum atomic E-state index is 11.6. The summed E-state index contributed by atoms with van der Waals surface area (Å²) < 4.78 is 0. The van der Waals surface area contributed by atoms with Crippen LogP contribution in [0.1, 0.15) is 13.8 Å². The van der Waals surface area contributed by atoms with E-state index >= 15 is 0 Å². The molecule has 0 aromatic heterocycles. The Labute approximate surface area is 92.8 Å². The Bertz CT molecular complexity index is 274. The molecule has 0 aliphatic heterocycles. The minimum Gasteiger partial charge on any atom is -0.480 e. The molecule has 1 amide bonds. The minimum atomic E-state index is -1.27. The van der Waals surface area contributed by atoms with Gasteiger partial charge >= 0.3 is 11.9 Å². The number of nitrogens with zero attached hydrogens (tertiary/aromatic N) is 1. The quantitative estimate of drug-likeness (QED) is 0.538. The molecule has 0 bridgehead atoms. The number of carbonyl (C=O) groups is 3. The van der Waals surface area contributed by atoms with E-state index in [0.717, 1.165) is 4.90 Å². The molecule has 0 aliphatic rings. The molecular formula is C9H16N2O5. The Morgan fingerprint density at radius 2 is 1.50 bits per heavy atom. The molecule has 0 saturated carbocycles. The van der Waals surface area contributed by atoms with Crippen molar-refractivity contribution in [2.24, 2.45) is 11.7 Å². The van der Waals surface area contributed by atoms with Crippen molar-refractivity contribution in [3.63, 3.8) is 0 Å². The maximum absolute atomic E-state index is 11.6. The molecule has 0 unspecified atom stereocenters. The molecule has 0 spiro atoms. The van der Waals surface area contributed by atoms with Crippen molar-refractivity contribution in [2.75, 3.05) is 13.1 Å². The van der Waals surface area contributed by atoms with Crippen LogP contribution in [0.15, 0.2) is 0 Å². The van der Waals surface area contributed by atoms with Crippen LogP contribution in [-0.2, 0) is 14.4 Å². The molecular weight excluding hydrogens is 216 g/mol.